The Bertz CT molecular complexity index is 2920. The van der Waals surface area contributed by atoms with E-state index in [1.165, 1.54) is 11.1 Å². The van der Waals surface area contributed by atoms with Gasteiger partial charge in [-0.2, -0.15) is 4.73 Å². The maximum Gasteiger partial charge on any atom is 0.321 e. The van der Waals surface area contributed by atoms with Crippen molar-refractivity contribution < 1.29 is 41.5 Å². The van der Waals surface area contributed by atoms with E-state index >= 15 is 0 Å². The summed E-state index contributed by atoms with van der Waals surface area (Å²) >= 11 is 12.3. The lowest BCUT2D eigenvalue weighted by molar-refractivity contribution is -0.617. The average Bonchev–Trinajstić information content (AvgIpc) is 3.32. The van der Waals surface area contributed by atoms with E-state index in [4.69, 9.17) is 23.2 Å². The Labute approximate surface area is 403 Å². The second kappa shape index (κ2) is 19.0. The molecule has 69 heavy (non-hydrogen) atoms. The molecule has 2 N–H and O–H groups in total. The molecule has 4 aliphatic heterocycles. The Balaban J connectivity index is 0.000000172. The Kier molecular flexibility index (Phi) is 12.9. The topological polar surface area (TPSA) is 145 Å². The monoisotopic (exact) mass is 980 g/mol. The number of pyridine rings is 2. The van der Waals surface area contributed by atoms with Crippen LogP contribution in [0.5, 0.6) is 0 Å². The molecule has 2 unspecified atom stereocenters. The van der Waals surface area contributed by atoms with Crippen molar-refractivity contribution in [3.8, 4) is 0 Å². The second-order valence-electron chi connectivity index (χ2n) is 17.3. The highest BCUT2D eigenvalue weighted by atomic mass is 35.5. The second-order valence-corrected chi connectivity index (χ2v) is 18.2. The quantitative estimate of drug-likeness (QED) is 0.0736. The van der Waals surface area contributed by atoms with Crippen LogP contribution in [0.1, 0.15) is 49.2 Å². The Morgan fingerprint density at radius 2 is 1.04 bits per heavy atom. The number of nitrogens with zero attached hydrogens (tertiary/aromatic N) is 6. The number of hydrogen-bond acceptors (Lipinski definition) is 6. The van der Waals surface area contributed by atoms with Gasteiger partial charge in [0.25, 0.3) is 0 Å². The first-order valence-corrected chi connectivity index (χ1v) is 22.7. The molecule has 10 rings (SSSR count). The summed E-state index contributed by atoms with van der Waals surface area (Å²) in [5.74, 6) is -3.30. The van der Waals surface area contributed by atoms with E-state index in [1.807, 2.05) is 24.3 Å². The van der Waals surface area contributed by atoms with Crippen LogP contribution in [0.2, 0.25) is 10.0 Å². The number of aromatic nitrogens is 2. The van der Waals surface area contributed by atoms with E-state index in [0.717, 1.165) is 46.8 Å². The summed E-state index contributed by atoms with van der Waals surface area (Å²) in [4.78, 5) is 63.4. The molecule has 19 heteroatoms. The summed E-state index contributed by atoms with van der Waals surface area (Å²) in [5.41, 5.74) is 0.990. The SMILES string of the molecule is O=C(Nc1cc(F)cc(F)c1)N1CCC2(CC1)C(=O)N(c1cccc(Cl)c1)C2c1cccc[n+]1[O-].O=C(Nc1cc(F)cc(F)c1)N1CCC2(CC1)C(=O)N(c1cccc(Cl)c1)C2c1ccccn1. The average molecular weight is 982 g/mol. The molecule has 4 fully saturated rings. The smallest absolute Gasteiger partial charge is 0.321 e. The molecule has 6 aromatic rings. The highest BCUT2D eigenvalue weighted by Crippen LogP contribution is 2.58. The van der Waals surface area contributed by atoms with Crippen molar-refractivity contribution in [3.05, 3.63) is 184 Å². The van der Waals surface area contributed by atoms with Gasteiger partial charge in [0.1, 0.15) is 29.3 Å². The van der Waals surface area contributed by atoms with E-state index in [1.54, 1.807) is 81.6 Å². The predicted molar refractivity (Wildman–Crippen MR) is 250 cm³/mol. The number of urea groups is 2. The van der Waals surface area contributed by atoms with Crippen molar-refractivity contribution in [2.75, 3.05) is 46.6 Å². The maximum absolute atomic E-state index is 13.6. The van der Waals surface area contributed by atoms with Gasteiger partial charge in [-0.25, -0.2) is 27.2 Å². The van der Waals surface area contributed by atoms with Gasteiger partial charge in [-0.1, -0.05) is 41.4 Å². The third-order valence-corrected chi connectivity index (χ3v) is 13.7. The molecule has 6 heterocycles. The minimum absolute atomic E-state index is 0.00852. The van der Waals surface area contributed by atoms with Crippen molar-refractivity contribution in [1.82, 2.24) is 14.8 Å². The molecule has 2 aromatic heterocycles. The zero-order valence-electron chi connectivity index (χ0n) is 36.5. The van der Waals surface area contributed by atoms with Crippen LogP contribution >= 0.6 is 23.2 Å². The van der Waals surface area contributed by atoms with Crippen LogP contribution in [0, 0.1) is 39.3 Å². The minimum Gasteiger partial charge on any atom is -0.618 e. The van der Waals surface area contributed by atoms with Crippen LogP contribution in [0.4, 0.5) is 49.9 Å². The molecule has 0 aliphatic carbocycles. The summed E-state index contributed by atoms with van der Waals surface area (Å²) in [7, 11) is 0. The highest BCUT2D eigenvalue weighted by Gasteiger charge is 2.65. The zero-order valence-corrected chi connectivity index (χ0v) is 38.0. The number of halogens is 6. The van der Waals surface area contributed by atoms with Crippen LogP contribution in [-0.4, -0.2) is 64.8 Å². The van der Waals surface area contributed by atoms with Gasteiger partial charge in [0.15, 0.2) is 6.20 Å². The third kappa shape index (κ3) is 9.11. The van der Waals surface area contributed by atoms with Gasteiger partial charge in [0.2, 0.25) is 17.5 Å². The van der Waals surface area contributed by atoms with Gasteiger partial charge >= 0.3 is 12.1 Å². The Hall–Kier alpha value is -7.24. The molecule has 0 bridgehead atoms. The lowest BCUT2D eigenvalue weighted by atomic mass is 9.63. The van der Waals surface area contributed by atoms with E-state index in [-0.39, 0.29) is 42.3 Å². The number of β-lactam (4-membered cyclic amide) rings is 2. The number of carbonyl (C=O) groups excluding carboxylic acids is 4. The van der Waals surface area contributed by atoms with Gasteiger partial charge in [0.05, 0.1) is 22.6 Å². The zero-order chi connectivity index (χ0) is 48.6. The molecule has 0 saturated carbocycles. The number of anilines is 4. The summed E-state index contributed by atoms with van der Waals surface area (Å²) < 4.78 is 54.6. The van der Waals surface area contributed by atoms with Crippen LogP contribution in [0.15, 0.2) is 134 Å². The molecule has 354 valence electrons. The number of carbonyl (C=O) groups is 4. The molecule has 6 amide bonds. The van der Waals surface area contributed by atoms with Crippen molar-refractivity contribution >= 4 is 69.8 Å². The van der Waals surface area contributed by atoms with Crippen LogP contribution in [0.3, 0.4) is 0 Å². The standard InChI is InChI=1S/C25H21ClF2N4O3.C25H21ClF2N4O2/c26-16-4-3-5-20(12-16)32-22(21-6-1-2-9-31(21)35)25(23(32)33)7-10-30(11-8-25)24(34)29-19-14-17(27)13-18(28)15-19;26-16-4-3-5-20(12-16)32-22(21-6-1-2-9-29-21)25(23(32)33)7-10-31(11-8-25)24(34)30-19-14-17(27)13-18(28)15-19/h1-6,9,12-15,22H,7-8,10-11H2,(H,29,34);1-6,9,12-15,22H,7-8,10-11H2,(H,30,34). The number of hydrogen-bond donors (Lipinski definition) is 2. The first-order chi connectivity index (χ1) is 33.2. The number of amides is 6. The Morgan fingerprint density at radius 3 is 1.48 bits per heavy atom. The fraction of sp³-hybridized carbons (Fsp3) is 0.240. The van der Waals surface area contributed by atoms with Crippen molar-refractivity contribution in [2.45, 2.75) is 37.8 Å². The molecule has 0 radical (unpaired) electrons. The van der Waals surface area contributed by atoms with Crippen LogP contribution in [-0.2, 0) is 9.59 Å². The molecule has 4 aliphatic rings. The summed E-state index contributed by atoms with van der Waals surface area (Å²) in [6, 6.07) is 28.5. The molecule has 2 atom stereocenters. The van der Waals surface area contributed by atoms with Gasteiger partial charge in [-0.15, -0.1) is 0 Å². The fourth-order valence-electron chi connectivity index (χ4n) is 9.97. The molecular formula is C50H42Cl2F4N8O5. The fourth-order valence-corrected chi connectivity index (χ4v) is 10.3. The largest absolute Gasteiger partial charge is 0.618 e. The highest BCUT2D eigenvalue weighted by molar-refractivity contribution is 6.31. The predicted octanol–water partition coefficient (Wildman–Crippen LogP) is 10.1. The summed E-state index contributed by atoms with van der Waals surface area (Å²) in [6.45, 7) is 1.12. The molecule has 4 saturated heterocycles. The molecule has 4 aromatic carbocycles. The van der Waals surface area contributed by atoms with Crippen LogP contribution in [0.25, 0.3) is 0 Å². The van der Waals surface area contributed by atoms with Gasteiger partial charge < -0.3 is 30.5 Å². The number of benzene rings is 4. The van der Waals surface area contributed by atoms with E-state index in [0.29, 0.717) is 65.9 Å². The number of piperidine rings is 2. The van der Waals surface area contributed by atoms with Crippen molar-refractivity contribution in [3.63, 3.8) is 0 Å². The number of nitrogens with one attached hydrogen (secondary N) is 2. The summed E-state index contributed by atoms with van der Waals surface area (Å²) in [5, 5.41) is 18.7. The first-order valence-electron chi connectivity index (χ1n) is 22.0. The lowest BCUT2D eigenvalue weighted by Gasteiger charge is -2.58. The van der Waals surface area contributed by atoms with E-state index < -0.39 is 52.2 Å². The number of rotatable bonds is 6. The van der Waals surface area contributed by atoms with Gasteiger partial charge in [-0.3, -0.25) is 19.5 Å². The lowest BCUT2D eigenvalue weighted by Crippen LogP contribution is -2.68. The Morgan fingerprint density at radius 1 is 0.594 bits per heavy atom. The van der Waals surface area contributed by atoms with Gasteiger partial charge in [0, 0.05) is 89.4 Å². The van der Waals surface area contributed by atoms with E-state index in [2.05, 4.69) is 15.6 Å². The molecule has 2 spiro atoms. The van der Waals surface area contributed by atoms with Crippen molar-refractivity contribution in [2.24, 2.45) is 10.8 Å². The van der Waals surface area contributed by atoms with Crippen molar-refractivity contribution in [1.29, 1.82) is 0 Å². The summed E-state index contributed by atoms with van der Waals surface area (Å²) in [6.07, 6.45) is 4.62. The van der Waals surface area contributed by atoms with E-state index in [9.17, 15) is 41.9 Å². The third-order valence-electron chi connectivity index (χ3n) is 13.2. The molecular weight excluding hydrogens is 939 g/mol. The molecule has 13 nitrogen and oxygen atoms in total. The number of likely N-dealkylation sites (tertiary alicyclic amines) is 2. The van der Waals surface area contributed by atoms with Crippen LogP contribution < -0.4 is 25.2 Å². The van der Waals surface area contributed by atoms with Gasteiger partial charge in [-0.05, 0) is 105 Å². The normalized spacial score (nSPS) is 19.0. The maximum atomic E-state index is 13.6. The minimum atomic E-state index is -0.864. The first kappa shape index (κ1) is 46.9.